The van der Waals surface area contributed by atoms with E-state index in [0.29, 0.717) is 36.5 Å². The number of amides is 3. The van der Waals surface area contributed by atoms with Crippen LogP contribution in [0.5, 0.6) is 0 Å². The molecule has 1 unspecified atom stereocenters. The molecule has 3 aromatic rings. The molecule has 2 aliphatic heterocycles. The Morgan fingerprint density at radius 1 is 1.08 bits per heavy atom. The average molecular weight is 543 g/mol. The van der Waals surface area contributed by atoms with E-state index in [9.17, 15) is 22.8 Å². The molecule has 10 nitrogen and oxygen atoms in total. The summed E-state index contributed by atoms with van der Waals surface area (Å²) >= 11 is 1.13. The Hall–Kier alpha value is -3.19. The Balaban J connectivity index is 1.39. The van der Waals surface area contributed by atoms with Crippen molar-refractivity contribution in [2.75, 3.05) is 31.6 Å². The van der Waals surface area contributed by atoms with E-state index < -0.39 is 33.8 Å². The standard InChI is InChI=1S/C25H26N4O6S2/c1-15(2)13-20(29-23(31)17-5-3-4-6-18(17)24(29)32)22(30)27-25-26-19-8-7-16(14-21(19)36-25)37(33,34)28-9-11-35-12-10-28/h3-8,14-15,20H,9-13H2,1-2H3,(H,26,27,30). The van der Waals surface area contributed by atoms with Gasteiger partial charge in [0.25, 0.3) is 11.8 Å². The minimum absolute atomic E-state index is 0.0309. The fourth-order valence-corrected chi connectivity index (χ4v) is 6.93. The number of hydrogen-bond donors (Lipinski definition) is 1. The Bertz CT molecular complexity index is 1460. The molecular weight excluding hydrogens is 516 g/mol. The number of fused-ring (bicyclic) bond motifs is 2. The first-order chi connectivity index (χ1) is 17.7. The Kier molecular flexibility index (Phi) is 6.84. The van der Waals surface area contributed by atoms with Crippen molar-refractivity contribution in [2.24, 2.45) is 5.92 Å². The molecule has 37 heavy (non-hydrogen) atoms. The summed E-state index contributed by atoms with van der Waals surface area (Å²) in [5, 5.41) is 3.00. The summed E-state index contributed by atoms with van der Waals surface area (Å²) in [6, 6.07) is 10.1. The molecule has 1 N–H and O–H groups in total. The number of thiazole rings is 1. The highest BCUT2D eigenvalue weighted by Crippen LogP contribution is 2.31. The largest absolute Gasteiger partial charge is 0.379 e. The highest BCUT2D eigenvalue weighted by Gasteiger charge is 2.43. The van der Waals surface area contributed by atoms with Crippen molar-refractivity contribution in [1.82, 2.24) is 14.2 Å². The van der Waals surface area contributed by atoms with Gasteiger partial charge in [-0.25, -0.2) is 13.4 Å². The van der Waals surface area contributed by atoms with Crippen molar-refractivity contribution < 1.29 is 27.5 Å². The van der Waals surface area contributed by atoms with Crippen molar-refractivity contribution in [1.29, 1.82) is 0 Å². The summed E-state index contributed by atoms with van der Waals surface area (Å²) < 4.78 is 33.3. The number of rotatable bonds is 7. The van der Waals surface area contributed by atoms with Crippen molar-refractivity contribution >= 4 is 54.4 Å². The molecule has 5 rings (SSSR count). The van der Waals surface area contributed by atoms with Crippen LogP contribution in [0.3, 0.4) is 0 Å². The summed E-state index contributed by atoms with van der Waals surface area (Å²) in [5.41, 5.74) is 1.09. The number of hydrogen-bond acceptors (Lipinski definition) is 8. The van der Waals surface area contributed by atoms with Crippen LogP contribution in [0.15, 0.2) is 47.4 Å². The molecule has 1 atom stereocenters. The number of ether oxygens (including phenoxy) is 1. The predicted molar refractivity (Wildman–Crippen MR) is 138 cm³/mol. The van der Waals surface area contributed by atoms with E-state index in [2.05, 4.69) is 10.3 Å². The minimum Gasteiger partial charge on any atom is -0.379 e. The number of nitrogens with zero attached hydrogens (tertiary/aromatic N) is 3. The van der Waals surface area contributed by atoms with Gasteiger partial charge in [-0.3, -0.25) is 19.3 Å². The maximum Gasteiger partial charge on any atom is 0.262 e. The highest BCUT2D eigenvalue weighted by atomic mass is 32.2. The topological polar surface area (TPSA) is 126 Å². The molecule has 194 valence electrons. The van der Waals surface area contributed by atoms with Crippen LogP contribution in [0.25, 0.3) is 10.2 Å². The molecule has 0 bridgehead atoms. The predicted octanol–water partition coefficient (Wildman–Crippen LogP) is 2.97. The third-order valence-corrected chi connectivity index (χ3v) is 9.16. The lowest BCUT2D eigenvalue weighted by atomic mass is 10.0. The normalized spacial score (nSPS) is 17.4. The van der Waals surface area contributed by atoms with E-state index in [-0.39, 0.29) is 33.5 Å². The van der Waals surface area contributed by atoms with Gasteiger partial charge in [0, 0.05) is 13.1 Å². The van der Waals surface area contributed by atoms with Crippen LogP contribution in [-0.2, 0) is 19.6 Å². The lowest BCUT2D eigenvalue weighted by molar-refractivity contribution is -0.120. The number of imide groups is 1. The van der Waals surface area contributed by atoms with Gasteiger partial charge in [0.2, 0.25) is 15.9 Å². The maximum atomic E-state index is 13.4. The van der Waals surface area contributed by atoms with Gasteiger partial charge in [0.1, 0.15) is 6.04 Å². The SMILES string of the molecule is CC(C)CC(C(=O)Nc1nc2ccc(S(=O)(=O)N3CCOCC3)cc2s1)N1C(=O)c2ccccc2C1=O. The van der Waals surface area contributed by atoms with Gasteiger partial charge in [-0.1, -0.05) is 37.3 Å². The third-order valence-electron chi connectivity index (χ3n) is 6.33. The smallest absolute Gasteiger partial charge is 0.262 e. The lowest BCUT2D eigenvalue weighted by Crippen LogP contribution is -2.47. The molecule has 1 aromatic heterocycles. The second-order valence-corrected chi connectivity index (χ2v) is 12.3. The first kappa shape index (κ1) is 25.5. The molecule has 3 amide bonds. The first-order valence-electron chi connectivity index (χ1n) is 11.9. The molecule has 2 aliphatic rings. The summed E-state index contributed by atoms with van der Waals surface area (Å²) in [7, 11) is -3.68. The monoisotopic (exact) mass is 542 g/mol. The van der Waals surface area contributed by atoms with Gasteiger partial charge in [0.15, 0.2) is 5.13 Å². The van der Waals surface area contributed by atoms with Crippen LogP contribution in [0.2, 0.25) is 0 Å². The number of nitrogens with one attached hydrogen (secondary N) is 1. The zero-order chi connectivity index (χ0) is 26.3. The van der Waals surface area contributed by atoms with Crippen LogP contribution < -0.4 is 5.32 Å². The van der Waals surface area contributed by atoms with Crippen LogP contribution in [0.1, 0.15) is 41.0 Å². The zero-order valence-electron chi connectivity index (χ0n) is 20.3. The molecule has 0 saturated carbocycles. The van der Waals surface area contributed by atoms with E-state index >= 15 is 0 Å². The number of aromatic nitrogens is 1. The minimum atomic E-state index is -3.68. The van der Waals surface area contributed by atoms with Crippen LogP contribution in [-0.4, -0.2) is 72.7 Å². The molecule has 0 radical (unpaired) electrons. The molecule has 0 aliphatic carbocycles. The molecule has 1 saturated heterocycles. The van der Waals surface area contributed by atoms with Gasteiger partial charge >= 0.3 is 0 Å². The van der Waals surface area contributed by atoms with Crippen LogP contribution >= 0.6 is 11.3 Å². The van der Waals surface area contributed by atoms with Crippen LogP contribution in [0.4, 0.5) is 5.13 Å². The summed E-state index contributed by atoms with van der Waals surface area (Å²) in [5.74, 6) is -1.49. The van der Waals surface area contributed by atoms with Crippen LogP contribution in [0, 0.1) is 5.92 Å². The molecule has 12 heteroatoms. The van der Waals surface area contributed by atoms with Crippen molar-refractivity contribution in [3.05, 3.63) is 53.6 Å². The number of anilines is 1. The van der Waals surface area contributed by atoms with Gasteiger partial charge < -0.3 is 10.1 Å². The fraction of sp³-hybridized carbons (Fsp3) is 0.360. The first-order valence-corrected chi connectivity index (χ1v) is 14.2. The molecule has 1 fully saturated rings. The average Bonchev–Trinajstić information content (AvgIpc) is 3.40. The summed E-state index contributed by atoms with van der Waals surface area (Å²) in [4.78, 5) is 45.0. The zero-order valence-corrected chi connectivity index (χ0v) is 22.0. The van der Waals surface area contributed by atoms with E-state index in [1.54, 1.807) is 36.4 Å². The Morgan fingerprint density at radius 3 is 2.35 bits per heavy atom. The quantitative estimate of drug-likeness (QED) is 0.455. The van der Waals surface area contributed by atoms with E-state index in [1.807, 2.05) is 13.8 Å². The van der Waals surface area contributed by atoms with Gasteiger partial charge in [0.05, 0.1) is 39.5 Å². The van der Waals surface area contributed by atoms with E-state index in [1.165, 1.54) is 10.4 Å². The van der Waals surface area contributed by atoms with E-state index in [0.717, 1.165) is 16.2 Å². The highest BCUT2D eigenvalue weighted by molar-refractivity contribution is 7.89. The maximum absolute atomic E-state index is 13.4. The molecular formula is C25H26N4O6S2. The Morgan fingerprint density at radius 2 is 1.73 bits per heavy atom. The number of carbonyl (C=O) groups excluding carboxylic acids is 3. The number of carbonyl (C=O) groups is 3. The summed E-state index contributed by atoms with van der Waals surface area (Å²) in [6.07, 6.45) is 0.282. The number of morpholine rings is 1. The van der Waals surface area contributed by atoms with Gasteiger partial charge in [-0.05, 0) is 42.7 Å². The van der Waals surface area contributed by atoms with E-state index in [4.69, 9.17) is 4.74 Å². The number of benzene rings is 2. The Labute approximate surface area is 218 Å². The van der Waals surface area contributed by atoms with Crippen molar-refractivity contribution in [2.45, 2.75) is 31.2 Å². The second kappa shape index (κ2) is 9.93. The lowest BCUT2D eigenvalue weighted by Gasteiger charge is -2.26. The van der Waals surface area contributed by atoms with Gasteiger partial charge in [-0.2, -0.15) is 4.31 Å². The van der Waals surface area contributed by atoms with Crippen molar-refractivity contribution in [3.8, 4) is 0 Å². The molecule has 2 aromatic carbocycles. The van der Waals surface area contributed by atoms with Crippen molar-refractivity contribution in [3.63, 3.8) is 0 Å². The van der Waals surface area contributed by atoms with Gasteiger partial charge in [-0.15, -0.1) is 0 Å². The summed E-state index contributed by atoms with van der Waals surface area (Å²) in [6.45, 7) is 5.10. The molecule has 3 heterocycles. The third kappa shape index (κ3) is 4.77. The second-order valence-electron chi connectivity index (χ2n) is 9.33. The fourth-order valence-electron chi connectivity index (χ4n) is 4.51. The number of sulfonamides is 1. The molecule has 0 spiro atoms.